The molecule has 0 bridgehead atoms. The third kappa shape index (κ3) is 5.60. The zero-order chi connectivity index (χ0) is 26.7. The first-order chi connectivity index (χ1) is 17.6. The van der Waals surface area contributed by atoms with Crippen LogP contribution in [0.25, 0.3) is 10.8 Å². The van der Waals surface area contributed by atoms with E-state index in [9.17, 15) is 18.0 Å². The summed E-state index contributed by atoms with van der Waals surface area (Å²) in [4.78, 5) is 28.4. The quantitative estimate of drug-likeness (QED) is 0.386. The smallest absolute Gasteiger partial charge is 0.265 e. The molecule has 0 fully saturated rings. The normalized spacial score (nSPS) is 14.7. The van der Waals surface area contributed by atoms with Gasteiger partial charge in [0, 0.05) is 36.0 Å². The van der Waals surface area contributed by atoms with E-state index in [1.54, 1.807) is 35.2 Å². The monoisotopic (exact) mass is 541 g/mol. The van der Waals surface area contributed by atoms with Gasteiger partial charge in [-0.2, -0.15) is 0 Å². The van der Waals surface area contributed by atoms with Crippen LogP contribution in [0.1, 0.15) is 45.6 Å². The van der Waals surface area contributed by atoms with Crippen molar-refractivity contribution in [2.24, 2.45) is 0 Å². The Labute approximate surface area is 223 Å². The molecule has 4 rings (SSSR count). The van der Waals surface area contributed by atoms with Crippen molar-refractivity contribution in [3.8, 4) is 0 Å². The van der Waals surface area contributed by atoms with Gasteiger partial charge in [0.15, 0.2) is 0 Å². The van der Waals surface area contributed by atoms with Crippen molar-refractivity contribution in [3.63, 3.8) is 0 Å². The van der Waals surface area contributed by atoms with Gasteiger partial charge in [0.25, 0.3) is 10.0 Å². The molecular weight excluding hydrogens is 510 g/mol. The van der Waals surface area contributed by atoms with Gasteiger partial charge in [0.05, 0.1) is 10.6 Å². The van der Waals surface area contributed by atoms with Crippen LogP contribution in [-0.4, -0.2) is 43.8 Å². The number of carbonyl (C=O) groups is 2. The van der Waals surface area contributed by atoms with Crippen LogP contribution >= 0.6 is 11.6 Å². The molecule has 0 aromatic heterocycles. The first kappa shape index (κ1) is 26.9. The SMILES string of the molecule is CC[C@H](C(=O)NC(C)C)N(Cc1ccc(Cl)cc1)C(=O)CCCN1c2cccc3cccc(c23)S1(=O)=O. The van der Waals surface area contributed by atoms with Crippen molar-refractivity contribution < 1.29 is 18.0 Å². The second kappa shape index (κ2) is 11.1. The fourth-order valence-electron chi connectivity index (χ4n) is 4.80. The molecule has 3 aromatic rings. The Kier molecular flexibility index (Phi) is 8.09. The van der Waals surface area contributed by atoms with Crippen LogP contribution in [0.15, 0.2) is 65.6 Å². The third-order valence-electron chi connectivity index (χ3n) is 6.52. The number of sulfonamides is 1. The summed E-state index contributed by atoms with van der Waals surface area (Å²) in [6.45, 7) is 6.07. The predicted molar refractivity (Wildman–Crippen MR) is 147 cm³/mol. The number of hydrogen-bond donors (Lipinski definition) is 1. The Morgan fingerprint density at radius 1 is 1.03 bits per heavy atom. The molecule has 0 saturated heterocycles. The van der Waals surface area contributed by atoms with Gasteiger partial charge >= 0.3 is 0 Å². The van der Waals surface area contributed by atoms with Gasteiger partial charge in [-0.3, -0.25) is 13.9 Å². The predicted octanol–water partition coefficient (Wildman–Crippen LogP) is 5.11. The summed E-state index contributed by atoms with van der Waals surface area (Å²) in [7, 11) is -3.69. The van der Waals surface area contributed by atoms with Crippen LogP contribution in [0.3, 0.4) is 0 Å². The highest BCUT2D eigenvalue weighted by atomic mass is 35.5. The first-order valence-corrected chi connectivity index (χ1v) is 14.3. The zero-order valence-electron chi connectivity index (χ0n) is 21.3. The first-order valence-electron chi connectivity index (χ1n) is 12.5. The second-order valence-corrected chi connectivity index (χ2v) is 11.8. The maximum absolute atomic E-state index is 13.5. The largest absolute Gasteiger partial charge is 0.352 e. The Balaban J connectivity index is 1.52. The molecule has 1 atom stereocenters. The number of carbonyl (C=O) groups excluding carboxylic acids is 2. The minimum Gasteiger partial charge on any atom is -0.352 e. The van der Waals surface area contributed by atoms with Crippen molar-refractivity contribution in [3.05, 3.63) is 71.2 Å². The van der Waals surface area contributed by atoms with Gasteiger partial charge in [-0.25, -0.2) is 8.42 Å². The summed E-state index contributed by atoms with van der Waals surface area (Å²) in [5, 5.41) is 5.10. The number of amides is 2. The Morgan fingerprint density at radius 3 is 2.35 bits per heavy atom. The van der Waals surface area contributed by atoms with E-state index in [0.717, 1.165) is 16.3 Å². The van der Waals surface area contributed by atoms with Crippen LogP contribution in [0.2, 0.25) is 5.02 Å². The summed E-state index contributed by atoms with van der Waals surface area (Å²) >= 11 is 6.03. The van der Waals surface area contributed by atoms with Crippen molar-refractivity contribution in [1.82, 2.24) is 10.2 Å². The number of rotatable bonds is 10. The standard InChI is InChI=1S/C28H32ClN3O4S/c1-4-23(28(34)30-19(2)3)31(18-20-13-15-22(29)16-14-20)26(33)12-7-17-32-24-10-5-8-21-9-6-11-25(27(21)24)37(32,35)36/h5-6,8-11,13-16,19,23H,4,7,12,17-18H2,1-3H3,(H,30,34)/t23-/m1/s1. The molecule has 7 nitrogen and oxygen atoms in total. The van der Waals surface area contributed by atoms with Gasteiger partial charge in [-0.15, -0.1) is 0 Å². The van der Waals surface area contributed by atoms with E-state index >= 15 is 0 Å². The Hall–Kier alpha value is -3.10. The minimum atomic E-state index is -3.69. The average Bonchev–Trinajstić information content (AvgIpc) is 3.07. The summed E-state index contributed by atoms with van der Waals surface area (Å²) in [6.07, 6.45) is 0.884. The molecule has 0 radical (unpaired) electrons. The molecule has 0 aliphatic carbocycles. The lowest BCUT2D eigenvalue weighted by Gasteiger charge is -2.31. The molecule has 1 N–H and O–H groups in total. The highest BCUT2D eigenvalue weighted by molar-refractivity contribution is 7.93. The van der Waals surface area contributed by atoms with Gasteiger partial charge in [0.1, 0.15) is 6.04 Å². The lowest BCUT2D eigenvalue weighted by Crippen LogP contribution is -2.50. The van der Waals surface area contributed by atoms with Crippen molar-refractivity contribution in [1.29, 1.82) is 0 Å². The molecule has 1 aliphatic heterocycles. The maximum atomic E-state index is 13.5. The van der Waals surface area contributed by atoms with Gasteiger partial charge in [-0.1, -0.05) is 54.9 Å². The fourth-order valence-corrected chi connectivity index (χ4v) is 6.68. The van der Waals surface area contributed by atoms with E-state index in [2.05, 4.69) is 5.32 Å². The molecule has 0 spiro atoms. The van der Waals surface area contributed by atoms with E-state index in [-0.39, 0.29) is 37.4 Å². The highest BCUT2D eigenvalue weighted by Gasteiger charge is 2.35. The van der Waals surface area contributed by atoms with E-state index in [1.807, 2.05) is 51.1 Å². The van der Waals surface area contributed by atoms with Crippen molar-refractivity contribution in [2.75, 3.05) is 10.8 Å². The second-order valence-electron chi connectivity index (χ2n) is 9.55. The number of nitrogens with zero attached hydrogens (tertiary/aromatic N) is 2. The third-order valence-corrected chi connectivity index (χ3v) is 8.62. The van der Waals surface area contributed by atoms with Crippen LogP contribution in [-0.2, 0) is 26.2 Å². The van der Waals surface area contributed by atoms with Crippen LogP contribution in [0, 0.1) is 0 Å². The van der Waals surface area contributed by atoms with Crippen LogP contribution < -0.4 is 9.62 Å². The van der Waals surface area contributed by atoms with Crippen molar-refractivity contribution >= 4 is 49.9 Å². The highest BCUT2D eigenvalue weighted by Crippen LogP contribution is 2.42. The number of hydrogen-bond acceptors (Lipinski definition) is 4. The molecule has 2 amide bonds. The molecule has 1 aliphatic rings. The Morgan fingerprint density at radius 2 is 1.70 bits per heavy atom. The van der Waals surface area contributed by atoms with Gasteiger partial charge in [-0.05, 0) is 61.9 Å². The van der Waals surface area contributed by atoms with E-state index in [4.69, 9.17) is 11.6 Å². The molecule has 9 heteroatoms. The van der Waals surface area contributed by atoms with E-state index in [1.165, 1.54) is 4.31 Å². The average molecular weight is 542 g/mol. The molecular formula is C28H32ClN3O4S. The molecule has 3 aromatic carbocycles. The molecule has 37 heavy (non-hydrogen) atoms. The minimum absolute atomic E-state index is 0.0567. The maximum Gasteiger partial charge on any atom is 0.265 e. The number of nitrogens with one attached hydrogen (secondary N) is 1. The Bertz CT molecular complexity index is 1400. The lowest BCUT2D eigenvalue weighted by molar-refractivity contribution is -0.141. The van der Waals surface area contributed by atoms with E-state index < -0.39 is 16.1 Å². The van der Waals surface area contributed by atoms with Crippen molar-refractivity contribution in [2.45, 2.75) is 63.6 Å². The number of anilines is 1. The van der Waals surface area contributed by atoms with E-state index in [0.29, 0.717) is 28.4 Å². The number of halogens is 1. The molecule has 196 valence electrons. The lowest BCUT2D eigenvalue weighted by atomic mass is 10.1. The fraction of sp³-hybridized carbons (Fsp3) is 0.357. The summed E-state index contributed by atoms with van der Waals surface area (Å²) < 4.78 is 27.9. The number of benzene rings is 3. The van der Waals surface area contributed by atoms with Gasteiger partial charge < -0.3 is 10.2 Å². The van der Waals surface area contributed by atoms with Gasteiger partial charge in [0.2, 0.25) is 11.8 Å². The summed E-state index contributed by atoms with van der Waals surface area (Å²) in [5.74, 6) is -0.405. The van der Waals surface area contributed by atoms with Crippen LogP contribution in [0.5, 0.6) is 0 Å². The zero-order valence-corrected chi connectivity index (χ0v) is 22.8. The molecule has 1 heterocycles. The molecule has 0 unspecified atom stereocenters. The van der Waals surface area contributed by atoms with Crippen LogP contribution in [0.4, 0.5) is 5.69 Å². The summed E-state index contributed by atoms with van der Waals surface area (Å²) in [6, 6.07) is 17.3. The topological polar surface area (TPSA) is 86.8 Å². The summed E-state index contributed by atoms with van der Waals surface area (Å²) in [5.41, 5.74) is 1.50. The molecule has 0 saturated carbocycles.